The maximum Gasteiger partial charge on any atom is 0.509 e. The van der Waals surface area contributed by atoms with Gasteiger partial charge in [0, 0.05) is 5.92 Å². The lowest BCUT2D eigenvalue weighted by molar-refractivity contribution is -0.184. The van der Waals surface area contributed by atoms with Crippen LogP contribution < -0.4 is 5.73 Å². The minimum atomic E-state index is -2.63. The van der Waals surface area contributed by atoms with Gasteiger partial charge in [0.25, 0.3) is 0 Å². The average molecular weight is 472 g/mol. The van der Waals surface area contributed by atoms with Gasteiger partial charge in [-0.1, -0.05) is 12.1 Å². The molecule has 2 unspecified atom stereocenters. The number of hydrogen-bond donors (Lipinski definition) is 2. The third kappa shape index (κ3) is 3.07. The predicted octanol–water partition coefficient (Wildman–Crippen LogP) is -0.342. The topological polar surface area (TPSA) is 170 Å². The van der Waals surface area contributed by atoms with Gasteiger partial charge < -0.3 is 20.3 Å². The largest absolute Gasteiger partial charge is 0.509 e. The van der Waals surface area contributed by atoms with Crippen molar-refractivity contribution < 1.29 is 43.3 Å². The molecule has 2 fully saturated rings. The summed E-state index contributed by atoms with van der Waals surface area (Å²) in [6, 6.07) is 3.36. The van der Waals surface area contributed by atoms with E-state index < -0.39 is 70.5 Å². The van der Waals surface area contributed by atoms with E-state index in [2.05, 4.69) is 4.74 Å². The molecule has 4 rings (SSSR count). The Kier molecular flexibility index (Phi) is 5.55. The van der Waals surface area contributed by atoms with E-state index in [0.29, 0.717) is 5.56 Å². The number of primary amides is 1. The van der Waals surface area contributed by atoms with Crippen LogP contribution in [0.15, 0.2) is 18.2 Å². The number of nitrogens with two attached hydrogens (primary N) is 1. The molecule has 1 aromatic rings. The van der Waals surface area contributed by atoms with Gasteiger partial charge in [-0.15, -0.1) is 0 Å². The molecule has 0 saturated heterocycles. The first-order valence-corrected chi connectivity index (χ1v) is 10.7. The Labute approximate surface area is 194 Å². The maximum atomic E-state index is 14.0. The highest BCUT2D eigenvalue weighted by atomic mass is 16.7. The molecule has 1 aromatic carbocycles. The summed E-state index contributed by atoms with van der Waals surface area (Å²) in [6.45, 7) is 0. The molecule has 3 aliphatic carbocycles. The first-order chi connectivity index (χ1) is 16.0. The second kappa shape index (κ2) is 8.01. The van der Waals surface area contributed by atoms with Gasteiger partial charge in [-0.2, -0.15) is 0 Å². The van der Waals surface area contributed by atoms with Crippen molar-refractivity contribution >= 4 is 35.2 Å². The number of phenolic OH excluding ortho intramolecular Hbond substituents is 1. The molecular formula is C23H24N2O9. The number of phenols is 1. The molecule has 34 heavy (non-hydrogen) atoms. The van der Waals surface area contributed by atoms with Crippen LogP contribution in [0.3, 0.4) is 0 Å². The van der Waals surface area contributed by atoms with E-state index in [0.717, 1.165) is 7.11 Å². The first-order valence-electron chi connectivity index (χ1n) is 10.7. The summed E-state index contributed by atoms with van der Waals surface area (Å²) >= 11 is 0. The van der Waals surface area contributed by atoms with E-state index in [4.69, 9.17) is 10.5 Å². The van der Waals surface area contributed by atoms with Crippen LogP contribution in [0.1, 0.15) is 22.3 Å². The molecule has 1 amide bonds. The van der Waals surface area contributed by atoms with Crippen molar-refractivity contribution in [2.75, 3.05) is 21.2 Å². The second-order valence-electron chi connectivity index (χ2n) is 9.13. The number of hydrogen-bond acceptors (Lipinski definition) is 10. The Morgan fingerprint density at radius 2 is 1.82 bits per heavy atom. The number of Topliss-reactive ketones (excluding diaryl/α,β-unsaturated/α-hetero) is 4. The zero-order chi connectivity index (χ0) is 25.1. The lowest BCUT2D eigenvalue weighted by atomic mass is 9.52. The Morgan fingerprint density at radius 1 is 1.15 bits per heavy atom. The number of fused-ring (bicyclic) bond motifs is 3. The van der Waals surface area contributed by atoms with Crippen molar-refractivity contribution in [3.8, 4) is 5.75 Å². The van der Waals surface area contributed by atoms with Gasteiger partial charge in [0.05, 0.1) is 24.6 Å². The van der Waals surface area contributed by atoms with Gasteiger partial charge in [0.2, 0.25) is 17.3 Å². The SMILES string of the molecule is COC(=O)O[C@@]12C(=O)C(C(N)=O)C(=O)[C@@H](N(C)C)[C@@H]1C[C@@H]1Cc3cccc(O)c3C(=O)C1C2=O. The van der Waals surface area contributed by atoms with Crippen molar-refractivity contribution in [2.45, 2.75) is 24.5 Å². The van der Waals surface area contributed by atoms with Crippen LogP contribution in [0.4, 0.5) is 4.79 Å². The molecule has 0 radical (unpaired) electrons. The lowest BCUT2D eigenvalue weighted by Crippen LogP contribution is -2.75. The van der Waals surface area contributed by atoms with Gasteiger partial charge in [-0.25, -0.2) is 4.79 Å². The Hall–Kier alpha value is -3.60. The Morgan fingerprint density at radius 3 is 2.41 bits per heavy atom. The molecule has 0 aliphatic heterocycles. The highest BCUT2D eigenvalue weighted by molar-refractivity contribution is 6.33. The predicted molar refractivity (Wildman–Crippen MR) is 113 cm³/mol. The van der Waals surface area contributed by atoms with E-state index in [1.54, 1.807) is 12.1 Å². The fraction of sp³-hybridized carbons (Fsp3) is 0.478. The zero-order valence-corrected chi connectivity index (χ0v) is 18.8. The van der Waals surface area contributed by atoms with Gasteiger partial charge in [0.15, 0.2) is 23.3 Å². The molecule has 0 spiro atoms. The third-order valence-electron chi connectivity index (χ3n) is 7.18. The number of nitrogens with zero attached hydrogens (tertiary/aromatic N) is 1. The summed E-state index contributed by atoms with van der Waals surface area (Å²) in [5, 5.41) is 10.3. The molecule has 0 aromatic heterocycles. The Bertz CT molecular complexity index is 1140. The summed E-state index contributed by atoms with van der Waals surface area (Å²) in [7, 11) is 4.02. The summed E-state index contributed by atoms with van der Waals surface area (Å²) < 4.78 is 9.86. The fourth-order valence-electron chi connectivity index (χ4n) is 5.87. The number of carbonyl (C=O) groups is 6. The van der Waals surface area contributed by atoms with Crippen molar-refractivity contribution in [3.63, 3.8) is 0 Å². The summed E-state index contributed by atoms with van der Waals surface area (Å²) in [5.41, 5.74) is 3.22. The minimum Gasteiger partial charge on any atom is -0.507 e. The van der Waals surface area contributed by atoms with Crippen molar-refractivity contribution in [2.24, 2.45) is 29.4 Å². The van der Waals surface area contributed by atoms with E-state index >= 15 is 0 Å². The van der Waals surface area contributed by atoms with E-state index in [-0.39, 0.29) is 24.2 Å². The van der Waals surface area contributed by atoms with Crippen molar-refractivity contribution in [1.29, 1.82) is 0 Å². The van der Waals surface area contributed by atoms with Crippen LogP contribution in [0.5, 0.6) is 5.75 Å². The van der Waals surface area contributed by atoms with Crippen LogP contribution >= 0.6 is 0 Å². The molecule has 3 N–H and O–H groups in total. The van der Waals surface area contributed by atoms with Gasteiger partial charge in [-0.3, -0.25) is 28.9 Å². The number of likely N-dealkylation sites (N-methyl/N-ethyl adjacent to an activating group) is 1. The lowest BCUT2D eigenvalue weighted by Gasteiger charge is -2.53. The zero-order valence-electron chi connectivity index (χ0n) is 18.8. The molecular weight excluding hydrogens is 448 g/mol. The highest BCUT2D eigenvalue weighted by Gasteiger charge is 2.72. The highest BCUT2D eigenvalue weighted by Crippen LogP contribution is 2.52. The molecule has 3 aliphatic rings. The average Bonchev–Trinajstić information content (AvgIpc) is 2.74. The van der Waals surface area contributed by atoms with E-state index in [9.17, 15) is 33.9 Å². The molecule has 2 saturated carbocycles. The van der Waals surface area contributed by atoms with Gasteiger partial charge in [0.1, 0.15) is 5.75 Å². The molecule has 0 bridgehead atoms. The quantitative estimate of drug-likeness (QED) is 0.438. The number of ether oxygens (including phenoxy) is 2. The summed E-state index contributed by atoms with van der Waals surface area (Å²) in [5.74, 6) is -10.7. The number of benzene rings is 1. The van der Waals surface area contributed by atoms with Crippen LogP contribution in [0.2, 0.25) is 0 Å². The molecule has 11 nitrogen and oxygen atoms in total. The number of methoxy groups -OCH3 is 1. The van der Waals surface area contributed by atoms with E-state index in [1.807, 2.05) is 0 Å². The monoisotopic (exact) mass is 472 g/mol. The number of aromatic hydroxyl groups is 1. The number of amides is 1. The van der Waals surface area contributed by atoms with Crippen LogP contribution in [-0.2, 0) is 35.1 Å². The van der Waals surface area contributed by atoms with Crippen LogP contribution in [0, 0.1) is 23.7 Å². The normalized spacial score (nSPS) is 32.5. The van der Waals surface area contributed by atoms with Crippen LogP contribution in [0.25, 0.3) is 0 Å². The summed E-state index contributed by atoms with van der Waals surface area (Å²) in [6.07, 6.45) is -1.18. The van der Waals surface area contributed by atoms with Gasteiger partial charge >= 0.3 is 6.16 Å². The number of ketones is 4. The smallest absolute Gasteiger partial charge is 0.507 e. The molecule has 11 heteroatoms. The number of rotatable bonds is 3. The number of carbonyl (C=O) groups excluding carboxylic acids is 6. The van der Waals surface area contributed by atoms with Crippen molar-refractivity contribution in [3.05, 3.63) is 29.3 Å². The fourth-order valence-corrected chi connectivity index (χ4v) is 5.87. The first kappa shape index (κ1) is 23.6. The minimum absolute atomic E-state index is 0.0138. The molecule has 0 heterocycles. The summed E-state index contributed by atoms with van der Waals surface area (Å²) in [4.78, 5) is 80.1. The van der Waals surface area contributed by atoms with Gasteiger partial charge in [-0.05, 0) is 44.5 Å². The Balaban J connectivity index is 1.95. The van der Waals surface area contributed by atoms with E-state index in [1.165, 1.54) is 25.1 Å². The standard InChI is InChI=1S/C23H24N2O9/c1-25(2)16-11-8-10-7-9-5-4-6-12(26)13(9)17(27)14(10)19(29)23(11,34-22(32)33-3)20(30)15(18(16)28)21(24)31/h4-6,10-11,14-16,26H,7-8H2,1-3H3,(H2,24,31)/t10-,11-,14?,15?,16-,23-/m0/s1. The van der Waals surface area contributed by atoms with Crippen LogP contribution in [-0.4, -0.2) is 78.0 Å². The molecule has 6 atom stereocenters. The second-order valence-corrected chi connectivity index (χ2v) is 9.13. The molecule has 180 valence electrons. The third-order valence-corrected chi connectivity index (χ3v) is 7.18. The maximum absolute atomic E-state index is 14.0. The van der Waals surface area contributed by atoms with Crippen molar-refractivity contribution in [1.82, 2.24) is 4.90 Å².